The molecule has 158 valence electrons. The highest BCUT2D eigenvalue weighted by atomic mass is 17.2. The molecule has 3 rings (SSSR count). The first-order valence-corrected chi connectivity index (χ1v) is 10.8. The number of unbranched alkanes of at least 4 members (excludes halogenated alkanes) is 1. The molecule has 4 heteroatoms. The summed E-state index contributed by atoms with van der Waals surface area (Å²) < 4.78 is 5.54. The summed E-state index contributed by atoms with van der Waals surface area (Å²) in [6.45, 7) is 6.27. The molecule has 4 nitrogen and oxygen atoms in total. The first-order chi connectivity index (χ1) is 13.9. The van der Waals surface area contributed by atoms with E-state index in [4.69, 9.17) is 14.5 Å². The fourth-order valence-electron chi connectivity index (χ4n) is 4.50. The molecule has 4 atom stereocenters. The summed E-state index contributed by atoms with van der Waals surface area (Å²) in [7, 11) is 0. The number of allylic oxidation sites excluding steroid dienone is 3. The van der Waals surface area contributed by atoms with E-state index in [9.17, 15) is 4.79 Å². The lowest BCUT2D eigenvalue weighted by molar-refractivity contribution is -0.429. The van der Waals surface area contributed by atoms with Crippen molar-refractivity contribution in [2.75, 3.05) is 0 Å². The molecular formula is C25H34O4. The van der Waals surface area contributed by atoms with E-state index < -0.39 is 11.2 Å². The first kappa shape index (κ1) is 21.8. The molecule has 29 heavy (non-hydrogen) atoms. The van der Waals surface area contributed by atoms with Crippen LogP contribution in [0.2, 0.25) is 0 Å². The summed E-state index contributed by atoms with van der Waals surface area (Å²) in [5.74, 6) is 0.311. The van der Waals surface area contributed by atoms with E-state index in [1.165, 1.54) is 5.56 Å². The Hall–Kier alpha value is -1.91. The lowest BCUT2D eigenvalue weighted by atomic mass is 9.79. The molecule has 2 aliphatic rings. The molecule has 0 saturated carbocycles. The zero-order valence-corrected chi connectivity index (χ0v) is 17.9. The number of ether oxygens (including phenoxy) is 1. The van der Waals surface area contributed by atoms with Gasteiger partial charge in [-0.25, -0.2) is 9.78 Å². The Morgan fingerprint density at radius 3 is 2.62 bits per heavy atom. The quantitative estimate of drug-likeness (QED) is 0.221. The lowest BCUT2D eigenvalue weighted by Gasteiger charge is -2.44. The smallest absolute Gasteiger partial charge is 0.309 e. The Morgan fingerprint density at radius 1 is 1.10 bits per heavy atom. The highest BCUT2D eigenvalue weighted by Crippen LogP contribution is 2.44. The number of fused-ring (bicyclic) bond motifs is 1. The Bertz CT molecular complexity index is 726. The van der Waals surface area contributed by atoms with E-state index in [0.29, 0.717) is 12.3 Å². The maximum Gasteiger partial charge on any atom is 0.309 e. The maximum absolute atomic E-state index is 11.6. The molecule has 2 fully saturated rings. The lowest BCUT2D eigenvalue weighted by Crippen LogP contribution is -2.52. The zero-order chi connectivity index (χ0) is 20.7. The second-order valence-electron chi connectivity index (χ2n) is 9.03. The summed E-state index contributed by atoms with van der Waals surface area (Å²) in [5, 5.41) is 0. The predicted molar refractivity (Wildman–Crippen MR) is 115 cm³/mol. The number of benzene rings is 1. The summed E-state index contributed by atoms with van der Waals surface area (Å²) in [4.78, 5) is 22.9. The highest BCUT2D eigenvalue weighted by Gasteiger charge is 2.55. The minimum Gasteiger partial charge on any atom is -0.456 e. The van der Waals surface area contributed by atoms with Crippen molar-refractivity contribution in [2.24, 2.45) is 5.92 Å². The summed E-state index contributed by atoms with van der Waals surface area (Å²) >= 11 is 0. The fourth-order valence-corrected chi connectivity index (χ4v) is 4.50. The standard InChI is InChI=1S/C25H34O4/c1-20(13-9-6-4-5-7-10-14-21-15-11-8-12-16-21)18-24(2)19-25(3)22(28-29-24)17-23(26)27-25/h4,6,8,10-12,14-16,20,22H,5,7,9,13,17-19H2,1-3H3/t20-,22+,24-,25+/m1/s1. The van der Waals surface area contributed by atoms with Crippen LogP contribution in [0.3, 0.4) is 0 Å². The Labute approximate surface area is 174 Å². The van der Waals surface area contributed by atoms with E-state index in [1.54, 1.807) is 0 Å². The van der Waals surface area contributed by atoms with Crippen molar-refractivity contribution in [2.45, 2.75) is 83.0 Å². The molecule has 2 heterocycles. The largest absolute Gasteiger partial charge is 0.456 e. The van der Waals surface area contributed by atoms with Crippen LogP contribution < -0.4 is 0 Å². The van der Waals surface area contributed by atoms with Crippen molar-refractivity contribution in [3.8, 4) is 0 Å². The molecule has 1 aromatic carbocycles. The predicted octanol–water partition coefficient (Wildman–Crippen LogP) is 6.03. The highest BCUT2D eigenvalue weighted by molar-refractivity contribution is 5.73. The Balaban J connectivity index is 1.33. The van der Waals surface area contributed by atoms with Gasteiger partial charge in [0.1, 0.15) is 17.3 Å². The van der Waals surface area contributed by atoms with Gasteiger partial charge in [0.05, 0.1) is 6.42 Å². The fraction of sp³-hybridized carbons (Fsp3) is 0.560. The summed E-state index contributed by atoms with van der Waals surface area (Å²) in [6.07, 6.45) is 14.8. The van der Waals surface area contributed by atoms with Crippen molar-refractivity contribution < 1.29 is 19.3 Å². The van der Waals surface area contributed by atoms with E-state index in [2.05, 4.69) is 62.4 Å². The topological polar surface area (TPSA) is 44.8 Å². The number of hydrogen-bond donors (Lipinski definition) is 0. The van der Waals surface area contributed by atoms with Crippen LogP contribution in [0.5, 0.6) is 0 Å². The average molecular weight is 399 g/mol. The van der Waals surface area contributed by atoms with Crippen LogP contribution in [0.25, 0.3) is 6.08 Å². The van der Waals surface area contributed by atoms with Gasteiger partial charge in [-0.3, -0.25) is 4.79 Å². The van der Waals surface area contributed by atoms with Gasteiger partial charge in [0.15, 0.2) is 0 Å². The SMILES string of the molecule is C[C@H](CCC=CCCC=Cc1ccccc1)C[C@]1(C)C[C@]2(C)OC(=O)C[C@@H]2OO1. The number of hydrogen-bond acceptors (Lipinski definition) is 4. The summed E-state index contributed by atoms with van der Waals surface area (Å²) in [5.41, 5.74) is 0.276. The second-order valence-corrected chi connectivity index (χ2v) is 9.03. The van der Waals surface area contributed by atoms with Crippen LogP contribution >= 0.6 is 0 Å². The first-order valence-electron chi connectivity index (χ1n) is 10.8. The molecule has 2 aliphatic heterocycles. The van der Waals surface area contributed by atoms with E-state index in [0.717, 1.165) is 32.1 Å². The average Bonchev–Trinajstić information content (AvgIpc) is 2.96. The van der Waals surface area contributed by atoms with Crippen LogP contribution in [-0.4, -0.2) is 23.3 Å². The van der Waals surface area contributed by atoms with Crippen LogP contribution in [-0.2, 0) is 19.3 Å². The van der Waals surface area contributed by atoms with Crippen LogP contribution in [0, 0.1) is 5.92 Å². The molecule has 2 saturated heterocycles. The van der Waals surface area contributed by atoms with Gasteiger partial charge in [-0.1, -0.05) is 61.6 Å². The van der Waals surface area contributed by atoms with Crippen LogP contribution in [0.1, 0.15) is 71.3 Å². The van der Waals surface area contributed by atoms with E-state index >= 15 is 0 Å². The van der Waals surface area contributed by atoms with Gasteiger partial charge in [-0.05, 0) is 57.4 Å². The third-order valence-corrected chi connectivity index (χ3v) is 5.85. The van der Waals surface area contributed by atoms with Crippen molar-refractivity contribution in [1.29, 1.82) is 0 Å². The number of carbonyl (C=O) groups excluding carboxylic acids is 1. The number of rotatable bonds is 9. The molecule has 0 unspecified atom stereocenters. The molecule has 0 radical (unpaired) electrons. The Kier molecular flexibility index (Phi) is 7.31. The van der Waals surface area contributed by atoms with Crippen molar-refractivity contribution in [3.63, 3.8) is 0 Å². The molecule has 0 spiro atoms. The zero-order valence-electron chi connectivity index (χ0n) is 17.9. The minimum absolute atomic E-state index is 0.192. The molecule has 0 bridgehead atoms. The van der Waals surface area contributed by atoms with Gasteiger partial charge in [-0.15, -0.1) is 0 Å². The monoisotopic (exact) mass is 398 g/mol. The van der Waals surface area contributed by atoms with Gasteiger partial charge < -0.3 is 4.74 Å². The van der Waals surface area contributed by atoms with Crippen molar-refractivity contribution in [3.05, 3.63) is 54.1 Å². The van der Waals surface area contributed by atoms with E-state index in [-0.39, 0.29) is 18.5 Å². The van der Waals surface area contributed by atoms with Gasteiger partial charge >= 0.3 is 5.97 Å². The van der Waals surface area contributed by atoms with Gasteiger partial charge in [0.25, 0.3) is 0 Å². The van der Waals surface area contributed by atoms with Crippen LogP contribution in [0.4, 0.5) is 0 Å². The van der Waals surface area contributed by atoms with Crippen LogP contribution in [0.15, 0.2) is 48.6 Å². The third-order valence-electron chi connectivity index (χ3n) is 5.85. The number of esters is 1. The molecule has 0 aromatic heterocycles. The summed E-state index contributed by atoms with van der Waals surface area (Å²) in [6, 6.07) is 10.4. The van der Waals surface area contributed by atoms with Gasteiger partial charge in [0, 0.05) is 6.42 Å². The third kappa shape index (κ3) is 6.28. The molecule has 0 amide bonds. The molecule has 1 aromatic rings. The van der Waals surface area contributed by atoms with E-state index in [1.807, 2.05) is 13.0 Å². The number of carbonyl (C=O) groups is 1. The van der Waals surface area contributed by atoms with Crippen molar-refractivity contribution >= 4 is 12.0 Å². The normalized spacial score (nSPS) is 30.6. The van der Waals surface area contributed by atoms with Gasteiger partial charge in [0.2, 0.25) is 0 Å². The Morgan fingerprint density at radius 2 is 1.83 bits per heavy atom. The van der Waals surface area contributed by atoms with Crippen molar-refractivity contribution in [1.82, 2.24) is 0 Å². The maximum atomic E-state index is 11.6. The molecular weight excluding hydrogens is 364 g/mol. The minimum atomic E-state index is -0.559. The molecule has 0 aliphatic carbocycles. The second kappa shape index (κ2) is 9.73. The van der Waals surface area contributed by atoms with Gasteiger partial charge in [-0.2, -0.15) is 0 Å². The molecule has 0 N–H and O–H groups in total.